The molecule has 0 aliphatic heterocycles. The lowest BCUT2D eigenvalue weighted by Crippen LogP contribution is -2.14. The Kier molecular flexibility index (Phi) is 6.44. The third-order valence-corrected chi connectivity index (χ3v) is 4.18. The molecule has 0 saturated heterocycles. The molecule has 1 aromatic rings. The lowest BCUT2D eigenvalue weighted by Gasteiger charge is -2.20. The highest BCUT2D eigenvalue weighted by Crippen LogP contribution is 2.37. The third-order valence-electron chi connectivity index (χ3n) is 2.30. The Balaban J connectivity index is 2.68. The fraction of sp³-hybridized carbons (Fsp3) is 0.400. The summed E-state index contributed by atoms with van der Waals surface area (Å²) in [6, 6.07) is 7.64. The van der Waals surface area contributed by atoms with Crippen molar-refractivity contribution in [2.75, 3.05) is 5.32 Å². The van der Waals surface area contributed by atoms with E-state index in [4.69, 9.17) is 23.2 Å². The zero-order valence-corrected chi connectivity index (χ0v) is 14.4. The molecule has 0 atom stereocenters. The van der Waals surface area contributed by atoms with E-state index in [2.05, 4.69) is 5.32 Å². The maximum absolute atomic E-state index is 12.0. The number of carbonyl (C=O) groups excluding carboxylic acids is 1. The molecule has 5 heteroatoms. The molecule has 0 spiro atoms. The van der Waals surface area contributed by atoms with Crippen LogP contribution < -0.4 is 5.32 Å². The van der Waals surface area contributed by atoms with Crippen molar-refractivity contribution >= 4 is 46.6 Å². The number of halogens is 2. The topological polar surface area (TPSA) is 29.1 Å². The number of hydrogen-bond donors (Lipinski definition) is 1. The molecule has 1 amide bonds. The second-order valence-electron chi connectivity index (χ2n) is 5.49. The molecule has 0 aliphatic carbocycles. The molecule has 0 unspecified atom stereocenters. The van der Waals surface area contributed by atoms with E-state index in [1.807, 2.05) is 52.0 Å². The van der Waals surface area contributed by atoms with Gasteiger partial charge in [-0.3, -0.25) is 4.79 Å². The summed E-state index contributed by atoms with van der Waals surface area (Å²) >= 11 is 13.2. The quantitative estimate of drug-likeness (QED) is 0.788. The van der Waals surface area contributed by atoms with Gasteiger partial charge < -0.3 is 5.32 Å². The molecule has 20 heavy (non-hydrogen) atoms. The zero-order chi connectivity index (χ0) is 15.3. The predicted octanol–water partition coefficient (Wildman–Crippen LogP) is 5.50. The van der Waals surface area contributed by atoms with Crippen molar-refractivity contribution < 1.29 is 4.79 Å². The van der Waals surface area contributed by atoms with E-state index in [1.165, 1.54) is 11.8 Å². The number of carbonyl (C=O) groups is 1. The van der Waals surface area contributed by atoms with Crippen LogP contribution in [0.15, 0.2) is 33.7 Å². The average Bonchev–Trinajstić information content (AvgIpc) is 2.29. The molecule has 0 fully saturated rings. The van der Waals surface area contributed by atoms with Gasteiger partial charge >= 0.3 is 0 Å². The smallest absolute Gasteiger partial charge is 0.229 e. The number of benzene rings is 1. The number of anilines is 1. The maximum atomic E-state index is 12.0. The molecule has 110 valence electrons. The van der Waals surface area contributed by atoms with E-state index in [9.17, 15) is 4.79 Å². The summed E-state index contributed by atoms with van der Waals surface area (Å²) in [5, 5.41) is 2.84. The Bertz CT molecular complexity index is 500. The standard InChI is InChI=1S/C15H19Cl2NOS/c1-10-5-7-11(8-6-10)18-13(19)9-12(14(16)17)20-15(2,3)4/h5-8H,9H2,1-4H3,(H,18,19). The lowest BCUT2D eigenvalue weighted by atomic mass is 10.2. The number of amides is 1. The van der Waals surface area contributed by atoms with Gasteiger partial charge in [-0.25, -0.2) is 0 Å². The van der Waals surface area contributed by atoms with Crippen LogP contribution in [0.25, 0.3) is 0 Å². The van der Waals surface area contributed by atoms with Gasteiger partial charge in [-0.2, -0.15) is 0 Å². The van der Waals surface area contributed by atoms with E-state index < -0.39 is 0 Å². The molecule has 1 aromatic carbocycles. The fourth-order valence-electron chi connectivity index (χ4n) is 1.50. The number of aryl methyl sites for hydroxylation is 1. The van der Waals surface area contributed by atoms with Crippen molar-refractivity contribution in [2.45, 2.75) is 38.9 Å². The van der Waals surface area contributed by atoms with Crippen LogP contribution in [-0.4, -0.2) is 10.7 Å². The van der Waals surface area contributed by atoms with Crippen LogP contribution >= 0.6 is 35.0 Å². The van der Waals surface area contributed by atoms with Gasteiger partial charge in [-0.15, -0.1) is 11.8 Å². The molecule has 0 bridgehead atoms. The first-order valence-electron chi connectivity index (χ1n) is 6.27. The average molecular weight is 332 g/mol. The highest BCUT2D eigenvalue weighted by atomic mass is 35.5. The monoisotopic (exact) mass is 331 g/mol. The molecule has 1 N–H and O–H groups in total. The Morgan fingerprint density at radius 1 is 1.20 bits per heavy atom. The van der Waals surface area contributed by atoms with Gasteiger partial charge in [-0.05, 0) is 19.1 Å². The first kappa shape index (κ1) is 17.4. The second-order valence-corrected chi connectivity index (χ2v) is 8.36. The van der Waals surface area contributed by atoms with Crippen molar-refractivity contribution in [2.24, 2.45) is 0 Å². The van der Waals surface area contributed by atoms with Gasteiger partial charge in [-0.1, -0.05) is 61.7 Å². The summed E-state index contributed by atoms with van der Waals surface area (Å²) in [5.74, 6) is -0.126. The summed E-state index contributed by atoms with van der Waals surface area (Å²) in [4.78, 5) is 12.7. The van der Waals surface area contributed by atoms with E-state index in [-0.39, 0.29) is 21.6 Å². The lowest BCUT2D eigenvalue weighted by molar-refractivity contribution is -0.115. The minimum Gasteiger partial charge on any atom is -0.326 e. The molecular formula is C15H19Cl2NOS. The number of hydrogen-bond acceptors (Lipinski definition) is 2. The fourth-order valence-corrected chi connectivity index (χ4v) is 2.88. The molecule has 1 rings (SSSR count). The molecule has 0 aliphatic rings. The molecule has 0 saturated carbocycles. The Hall–Kier alpha value is -0.640. The summed E-state index contributed by atoms with van der Waals surface area (Å²) in [7, 11) is 0. The maximum Gasteiger partial charge on any atom is 0.229 e. The molecule has 2 nitrogen and oxygen atoms in total. The first-order valence-corrected chi connectivity index (χ1v) is 7.84. The van der Waals surface area contributed by atoms with E-state index in [0.717, 1.165) is 11.3 Å². The molecule has 0 aromatic heterocycles. The van der Waals surface area contributed by atoms with Gasteiger partial charge in [0.15, 0.2) is 0 Å². The van der Waals surface area contributed by atoms with Crippen molar-refractivity contribution in [3.05, 3.63) is 39.2 Å². The van der Waals surface area contributed by atoms with E-state index in [0.29, 0.717) is 4.91 Å². The normalized spacial score (nSPS) is 11.1. The predicted molar refractivity (Wildman–Crippen MR) is 90.5 cm³/mol. The van der Waals surface area contributed by atoms with Crippen molar-refractivity contribution in [3.63, 3.8) is 0 Å². The zero-order valence-electron chi connectivity index (χ0n) is 12.1. The van der Waals surface area contributed by atoms with Gasteiger partial charge in [0, 0.05) is 15.3 Å². The van der Waals surface area contributed by atoms with Crippen molar-refractivity contribution in [1.29, 1.82) is 0 Å². The van der Waals surface area contributed by atoms with Gasteiger partial charge in [0.2, 0.25) is 5.91 Å². The summed E-state index contributed by atoms with van der Waals surface area (Å²) in [6.45, 7) is 8.14. The number of thioether (sulfide) groups is 1. The van der Waals surface area contributed by atoms with E-state index >= 15 is 0 Å². The van der Waals surface area contributed by atoms with Crippen LogP contribution in [0.5, 0.6) is 0 Å². The molecular weight excluding hydrogens is 313 g/mol. The third kappa shape index (κ3) is 6.69. The van der Waals surface area contributed by atoms with Crippen LogP contribution in [0.4, 0.5) is 5.69 Å². The summed E-state index contributed by atoms with van der Waals surface area (Å²) in [6.07, 6.45) is 0.179. The summed E-state index contributed by atoms with van der Waals surface area (Å²) in [5.41, 5.74) is 1.92. The Morgan fingerprint density at radius 3 is 2.20 bits per heavy atom. The highest BCUT2D eigenvalue weighted by molar-refractivity contribution is 8.04. The molecule has 0 heterocycles. The van der Waals surface area contributed by atoms with Crippen molar-refractivity contribution in [1.82, 2.24) is 0 Å². The Labute approximate surface area is 134 Å². The van der Waals surface area contributed by atoms with Crippen molar-refractivity contribution in [3.8, 4) is 0 Å². The van der Waals surface area contributed by atoms with Gasteiger partial charge in [0.05, 0.1) is 6.42 Å². The first-order chi connectivity index (χ1) is 9.17. The van der Waals surface area contributed by atoms with Crippen LogP contribution in [0, 0.1) is 6.92 Å². The summed E-state index contributed by atoms with van der Waals surface area (Å²) < 4.78 is 0.109. The second kappa shape index (κ2) is 7.39. The van der Waals surface area contributed by atoms with E-state index in [1.54, 1.807) is 0 Å². The van der Waals surface area contributed by atoms with Gasteiger partial charge in [0.25, 0.3) is 0 Å². The highest BCUT2D eigenvalue weighted by Gasteiger charge is 2.18. The van der Waals surface area contributed by atoms with Crippen LogP contribution in [-0.2, 0) is 4.79 Å². The minimum absolute atomic E-state index is 0.0471. The SMILES string of the molecule is Cc1ccc(NC(=O)CC(SC(C)(C)C)=C(Cl)Cl)cc1. The minimum atomic E-state index is -0.126. The van der Waals surface area contributed by atoms with Crippen LogP contribution in [0.3, 0.4) is 0 Å². The molecule has 0 radical (unpaired) electrons. The number of nitrogens with one attached hydrogen (secondary N) is 1. The van der Waals surface area contributed by atoms with Crippen LogP contribution in [0.2, 0.25) is 0 Å². The van der Waals surface area contributed by atoms with Crippen LogP contribution in [0.1, 0.15) is 32.8 Å². The van der Waals surface area contributed by atoms with Gasteiger partial charge in [0.1, 0.15) is 4.49 Å². The Morgan fingerprint density at radius 2 is 1.75 bits per heavy atom. The number of rotatable bonds is 4. The largest absolute Gasteiger partial charge is 0.326 e.